The Morgan fingerprint density at radius 3 is 2.51 bits per heavy atom. The summed E-state index contributed by atoms with van der Waals surface area (Å²) in [5.41, 5.74) is 2.50. The number of nitrogens with zero attached hydrogens (tertiary/aromatic N) is 2. The highest BCUT2D eigenvalue weighted by Gasteiger charge is 2.33. The first-order valence-corrected chi connectivity index (χ1v) is 14.1. The molecule has 0 saturated carbocycles. The average molecular weight is 620 g/mol. The fourth-order valence-corrected chi connectivity index (χ4v) is 5.58. The minimum absolute atomic E-state index is 0.0741. The van der Waals surface area contributed by atoms with Gasteiger partial charge in [-0.3, -0.25) is 9.69 Å². The molecule has 1 aliphatic rings. The zero-order chi connectivity index (χ0) is 26.4. The van der Waals surface area contributed by atoms with Crippen molar-refractivity contribution in [1.82, 2.24) is 4.90 Å². The molecule has 0 aromatic heterocycles. The number of amides is 1. The van der Waals surface area contributed by atoms with E-state index < -0.39 is 0 Å². The SMILES string of the molecule is CCCN1C(=O)/C(=C/c2cc(Br)c(OCc3cccc(Cl)c3)c(OCC)c2)SC1=Nc1ccc(Cl)cc1. The van der Waals surface area contributed by atoms with Crippen molar-refractivity contribution in [3.05, 3.63) is 91.2 Å². The fraction of sp³-hybridized carbons (Fsp3) is 0.214. The molecule has 1 amide bonds. The lowest BCUT2D eigenvalue weighted by Gasteiger charge is -2.15. The Bertz CT molecular complexity index is 1350. The van der Waals surface area contributed by atoms with Gasteiger partial charge in [0.05, 0.1) is 21.7 Å². The molecule has 3 aromatic carbocycles. The monoisotopic (exact) mass is 618 g/mol. The zero-order valence-electron chi connectivity index (χ0n) is 20.3. The third kappa shape index (κ3) is 7.11. The maximum atomic E-state index is 13.3. The van der Waals surface area contributed by atoms with E-state index in [4.69, 9.17) is 37.7 Å². The Kier molecular flexibility index (Phi) is 9.60. The van der Waals surface area contributed by atoms with Crippen LogP contribution in [0.15, 0.2) is 75.0 Å². The highest BCUT2D eigenvalue weighted by molar-refractivity contribution is 9.10. The molecule has 0 bridgehead atoms. The van der Waals surface area contributed by atoms with E-state index >= 15 is 0 Å². The number of aliphatic imine (C=N–C) groups is 1. The van der Waals surface area contributed by atoms with Crippen LogP contribution in [0.4, 0.5) is 5.69 Å². The van der Waals surface area contributed by atoms with Crippen molar-refractivity contribution >= 4 is 73.7 Å². The fourth-order valence-electron chi connectivity index (χ4n) is 3.65. The van der Waals surface area contributed by atoms with Gasteiger partial charge < -0.3 is 9.47 Å². The number of rotatable bonds is 9. The smallest absolute Gasteiger partial charge is 0.266 e. The first-order valence-electron chi connectivity index (χ1n) is 11.8. The number of ether oxygens (including phenoxy) is 2. The quantitative estimate of drug-likeness (QED) is 0.225. The lowest BCUT2D eigenvalue weighted by Crippen LogP contribution is -2.29. The summed E-state index contributed by atoms with van der Waals surface area (Å²) in [6, 6.07) is 18.5. The van der Waals surface area contributed by atoms with Gasteiger partial charge in [0, 0.05) is 16.6 Å². The Balaban J connectivity index is 1.62. The van der Waals surface area contributed by atoms with Crippen molar-refractivity contribution in [2.75, 3.05) is 13.2 Å². The van der Waals surface area contributed by atoms with Crippen molar-refractivity contribution in [3.63, 3.8) is 0 Å². The number of amidine groups is 1. The summed E-state index contributed by atoms with van der Waals surface area (Å²) in [6.45, 7) is 5.34. The lowest BCUT2D eigenvalue weighted by atomic mass is 10.1. The van der Waals surface area contributed by atoms with Gasteiger partial charge in [-0.15, -0.1) is 0 Å². The molecule has 0 aliphatic carbocycles. The number of hydrogen-bond acceptors (Lipinski definition) is 5. The predicted octanol–water partition coefficient (Wildman–Crippen LogP) is 8.75. The summed E-state index contributed by atoms with van der Waals surface area (Å²) in [7, 11) is 0. The molecule has 1 saturated heterocycles. The second-order valence-electron chi connectivity index (χ2n) is 8.12. The summed E-state index contributed by atoms with van der Waals surface area (Å²) in [4.78, 5) is 20.3. The predicted molar refractivity (Wildman–Crippen MR) is 157 cm³/mol. The van der Waals surface area contributed by atoms with Crippen LogP contribution in [-0.4, -0.2) is 29.1 Å². The van der Waals surface area contributed by atoms with E-state index in [1.807, 2.05) is 68.5 Å². The van der Waals surface area contributed by atoms with Gasteiger partial charge in [0.1, 0.15) is 6.61 Å². The van der Waals surface area contributed by atoms with E-state index in [0.29, 0.717) is 51.4 Å². The topological polar surface area (TPSA) is 51.1 Å². The average Bonchev–Trinajstić information content (AvgIpc) is 3.14. The number of carbonyl (C=O) groups excluding carboxylic acids is 1. The summed E-state index contributed by atoms with van der Waals surface area (Å²) in [5, 5.41) is 1.94. The van der Waals surface area contributed by atoms with E-state index in [0.717, 1.165) is 27.7 Å². The standard InChI is InChI=1S/C28H25BrCl2N2O3S/c1-3-12-33-27(34)25(37-28(33)32-22-10-8-20(30)9-11-22)16-19-14-23(29)26(24(15-19)35-4-2)36-17-18-6-5-7-21(31)13-18/h5-11,13-16H,3-4,12,17H2,1-2H3/b25-16-,32-28?. The lowest BCUT2D eigenvalue weighted by molar-refractivity contribution is -0.122. The van der Waals surface area contributed by atoms with Crippen LogP contribution in [0.5, 0.6) is 11.5 Å². The molecule has 0 spiro atoms. The molecule has 1 aliphatic heterocycles. The highest BCUT2D eigenvalue weighted by atomic mass is 79.9. The van der Waals surface area contributed by atoms with Crippen LogP contribution in [0.25, 0.3) is 6.08 Å². The van der Waals surface area contributed by atoms with Crippen LogP contribution in [-0.2, 0) is 11.4 Å². The van der Waals surface area contributed by atoms with Gasteiger partial charge in [0.15, 0.2) is 16.7 Å². The summed E-state index contributed by atoms with van der Waals surface area (Å²) in [5.74, 6) is 1.10. The number of hydrogen-bond donors (Lipinski definition) is 0. The summed E-state index contributed by atoms with van der Waals surface area (Å²) >= 11 is 17.1. The zero-order valence-corrected chi connectivity index (χ0v) is 24.3. The van der Waals surface area contributed by atoms with Crippen molar-refractivity contribution in [2.45, 2.75) is 26.9 Å². The summed E-state index contributed by atoms with van der Waals surface area (Å²) < 4.78 is 12.7. The molecule has 0 unspecified atom stereocenters. The normalized spacial score (nSPS) is 15.6. The van der Waals surface area contributed by atoms with Gasteiger partial charge >= 0.3 is 0 Å². The number of thioether (sulfide) groups is 1. The minimum atomic E-state index is -0.0741. The molecule has 192 valence electrons. The second kappa shape index (κ2) is 12.9. The number of halogens is 3. The van der Waals surface area contributed by atoms with Gasteiger partial charge in [0.25, 0.3) is 5.91 Å². The molecule has 0 N–H and O–H groups in total. The third-order valence-electron chi connectivity index (χ3n) is 5.29. The van der Waals surface area contributed by atoms with Crippen LogP contribution in [0.3, 0.4) is 0 Å². The van der Waals surface area contributed by atoms with Crippen LogP contribution >= 0.6 is 50.9 Å². The molecule has 37 heavy (non-hydrogen) atoms. The third-order valence-corrected chi connectivity index (χ3v) is 7.37. The van der Waals surface area contributed by atoms with E-state index in [2.05, 4.69) is 15.9 Å². The van der Waals surface area contributed by atoms with E-state index in [1.165, 1.54) is 11.8 Å². The van der Waals surface area contributed by atoms with Gasteiger partial charge in [-0.25, -0.2) is 4.99 Å². The van der Waals surface area contributed by atoms with Gasteiger partial charge in [-0.2, -0.15) is 0 Å². The van der Waals surface area contributed by atoms with Crippen LogP contribution in [0, 0.1) is 0 Å². The molecular weight excluding hydrogens is 595 g/mol. The van der Waals surface area contributed by atoms with Crippen molar-refractivity contribution in [2.24, 2.45) is 4.99 Å². The number of carbonyl (C=O) groups is 1. The molecule has 9 heteroatoms. The Morgan fingerprint density at radius 1 is 1.03 bits per heavy atom. The van der Waals surface area contributed by atoms with E-state index in [1.54, 1.807) is 17.0 Å². The largest absolute Gasteiger partial charge is 0.490 e. The van der Waals surface area contributed by atoms with Crippen molar-refractivity contribution in [3.8, 4) is 11.5 Å². The molecule has 4 rings (SSSR count). The first kappa shape index (κ1) is 27.6. The van der Waals surface area contributed by atoms with Crippen LogP contribution in [0.2, 0.25) is 10.0 Å². The maximum absolute atomic E-state index is 13.3. The van der Waals surface area contributed by atoms with E-state index in [-0.39, 0.29) is 5.91 Å². The Labute approximate surface area is 239 Å². The van der Waals surface area contributed by atoms with Crippen LogP contribution in [0.1, 0.15) is 31.4 Å². The highest BCUT2D eigenvalue weighted by Crippen LogP contribution is 2.40. The molecule has 0 radical (unpaired) electrons. The van der Waals surface area contributed by atoms with Crippen molar-refractivity contribution in [1.29, 1.82) is 0 Å². The van der Waals surface area contributed by atoms with Gasteiger partial charge in [-0.1, -0.05) is 42.3 Å². The van der Waals surface area contributed by atoms with Gasteiger partial charge in [0.2, 0.25) is 0 Å². The molecule has 1 heterocycles. The molecule has 1 fully saturated rings. The second-order valence-corrected chi connectivity index (χ2v) is 10.9. The molecular formula is C28H25BrCl2N2O3S. The summed E-state index contributed by atoms with van der Waals surface area (Å²) in [6.07, 6.45) is 2.67. The Morgan fingerprint density at radius 2 is 1.81 bits per heavy atom. The maximum Gasteiger partial charge on any atom is 0.266 e. The number of benzene rings is 3. The molecule has 5 nitrogen and oxygen atoms in total. The Hall–Kier alpha value is -2.45. The van der Waals surface area contributed by atoms with Crippen LogP contribution < -0.4 is 9.47 Å². The van der Waals surface area contributed by atoms with E-state index in [9.17, 15) is 4.79 Å². The molecule has 0 atom stereocenters. The van der Waals surface area contributed by atoms with Gasteiger partial charge in [-0.05, 0) is 107 Å². The molecule has 3 aromatic rings. The minimum Gasteiger partial charge on any atom is -0.490 e. The van der Waals surface area contributed by atoms with Crippen molar-refractivity contribution < 1.29 is 14.3 Å². The first-order chi connectivity index (χ1) is 17.9.